The Morgan fingerprint density at radius 1 is 1.50 bits per heavy atom. The molecular weight excluding hydrogens is 324 g/mol. The highest BCUT2D eigenvalue weighted by molar-refractivity contribution is 9.10. The van der Waals surface area contributed by atoms with Gasteiger partial charge in [-0.2, -0.15) is 5.10 Å². The highest BCUT2D eigenvalue weighted by Gasteiger charge is 2.09. The minimum absolute atomic E-state index is 0.0235. The van der Waals surface area contributed by atoms with Gasteiger partial charge in [-0.25, -0.2) is 4.98 Å². The summed E-state index contributed by atoms with van der Waals surface area (Å²) in [5.41, 5.74) is 0. The smallest absolute Gasteiger partial charge is 0.258 e. The Labute approximate surface area is 125 Å². The van der Waals surface area contributed by atoms with Gasteiger partial charge in [0.25, 0.3) is 5.91 Å². The van der Waals surface area contributed by atoms with Crippen molar-refractivity contribution in [2.75, 3.05) is 6.61 Å². The number of benzene rings is 1. The second kappa shape index (κ2) is 7.04. The molecule has 2 rings (SSSR count). The number of nitrogens with zero attached hydrogens (tertiary/aromatic N) is 3. The Morgan fingerprint density at radius 3 is 3.00 bits per heavy atom. The molecule has 0 aliphatic carbocycles. The first kappa shape index (κ1) is 14.5. The number of ether oxygens (including phenoxy) is 1. The van der Waals surface area contributed by atoms with E-state index in [1.807, 2.05) is 25.1 Å². The van der Waals surface area contributed by atoms with E-state index in [4.69, 9.17) is 4.74 Å². The minimum atomic E-state index is -0.173. The van der Waals surface area contributed by atoms with E-state index in [9.17, 15) is 4.79 Å². The summed E-state index contributed by atoms with van der Waals surface area (Å²) in [6.45, 7) is 2.45. The Bertz CT molecular complexity index is 559. The van der Waals surface area contributed by atoms with Crippen LogP contribution in [0.25, 0.3) is 0 Å². The predicted octanol–water partition coefficient (Wildman–Crippen LogP) is 1.62. The molecule has 0 saturated heterocycles. The van der Waals surface area contributed by atoms with E-state index in [2.05, 4.69) is 31.3 Å². The molecule has 1 aromatic carbocycles. The zero-order valence-electron chi connectivity index (χ0n) is 11.0. The van der Waals surface area contributed by atoms with Crippen LogP contribution in [0.3, 0.4) is 0 Å². The van der Waals surface area contributed by atoms with Gasteiger partial charge < -0.3 is 10.1 Å². The van der Waals surface area contributed by atoms with Gasteiger partial charge in [0.1, 0.15) is 18.4 Å². The molecule has 1 N–H and O–H groups in total. The van der Waals surface area contributed by atoms with Gasteiger partial charge in [-0.15, -0.1) is 0 Å². The zero-order chi connectivity index (χ0) is 14.4. The third kappa shape index (κ3) is 4.34. The van der Waals surface area contributed by atoms with Gasteiger partial charge in [0.2, 0.25) is 0 Å². The van der Waals surface area contributed by atoms with Gasteiger partial charge in [0, 0.05) is 6.04 Å². The van der Waals surface area contributed by atoms with Crippen molar-refractivity contribution in [1.29, 1.82) is 0 Å². The SMILES string of the molecule is C[C@@H](Cn1cncn1)NC(=O)COc1ccccc1Br. The van der Waals surface area contributed by atoms with Crippen molar-refractivity contribution in [2.45, 2.75) is 19.5 Å². The third-order valence-electron chi connectivity index (χ3n) is 2.53. The molecule has 0 radical (unpaired) electrons. The van der Waals surface area contributed by atoms with Crippen molar-refractivity contribution in [3.05, 3.63) is 41.4 Å². The van der Waals surface area contributed by atoms with E-state index >= 15 is 0 Å². The molecule has 2 aromatic rings. The van der Waals surface area contributed by atoms with Crippen LogP contribution >= 0.6 is 15.9 Å². The van der Waals surface area contributed by atoms with E-state index in [-0.39, 0.29) is 18.6 Å². The maximum Gasteiger partial charge on any atom is 0.258 e. The molecule has 6 nitrogen and oxygen atoms in total. The largest absolute Gasteiger partial charge is 0.483 e. The quantitative estimate of drug-likeness (QED) is 0.868. The van der Waals surface area contributed by atoms with Crippen LogP contribution in [0.5, 0.6) is 5.75 Å². The average molecular weight is 339 g/mol. The van der Waals surface area contributed by atoms with Crippen molar-refractivity contribution < 1.29 is 9.53 Å². The van der Waals surface area contributed by atoms with Gasteiger partial charge in [0.15, 0.2) is 6.61 Å². The summed E-state index contributed by atoms with van der Waals surface area (Å²) in [5.74, 6) is 0.472. The fraction of sp³-hybridized carbons (Fsp3) is 0.308. The van der Waals surface area contributed by atoms with E-state index < -0.39 is 0 Å². The average Bonchev–Trinajstić information content (AvgIpc) is 2.90. The lowest BCUT2D eigenvalue weighted by Crippen LogP contribution is -2.38. The van der Waals surface area contributed by atoms with Crippen molar-refractivity contribution in [2.24, 2.45) is 0 Å². The summed E-state index contributed by atoms with van der Waals surface area (Å²) in [5, 5.41) is 6.83. The summed E-state index contributed by atoms with van der Waals surface area (Å²) in [6, 6.07) is 7.35. The van der Waals surface area contributed by atoms with Gasteiger partial charge >= 0.3 is 0 Å². The number of para-hydroxylation sites is 1. The van der Waals surface area contributed by atoms with Crippen LogP contribution < -0.4 is 10.1 Å². The Morgan fingerprint density at radius 2 is 2.30 bits per heavy atom. The van der Waals surface area contributed by atoms with Crippen molar-refractivity contribution in [1.82, 2.24) is 20.1 Å². The molecule has 1 heterocycles. The number of nitrogens with one attached hydrogen (secondary N) is 1. The normalized spacial score (nSPS) is 11.9. The Kier molecular flexibility index (Phi) is 5.11. The molecule has 106 valence electrons. The molecular formula is C13H15BrN4O2. The fourth-order valence-corrected chi connectivity index (χ4v) is 2.07. The van der Waals surface area contributed by atoms with Gasteiger partial charge in [-0.05, 0) is 35.0 Å². The van der Waals surface area contributed by atoms with E-state index in [1.54, 1.807) is 17.1 Å². The number of amides is 1. The second-order valence-corrected chi connectivity index (χ2v) is 5.16. The topological polar surface area (TPSA) is 69.0 Å². The first-order chi connectivity index (χ1) is 9.65. The summed E-state index contributed by atoms with van der Waals surface area (Å²) in [7, 11) is 0. The number of aromatic nitrogens is 3. The molecule has 7 heteroatoms. The molecule has 0 spiro atoms. The summed E-state index contributed by atoms with van der Waals surface area (Å²) < 4.78 is 7.93. The number of carbonyl (C=O) groups is 1. The molecule has 0 bridgehead atoms. The van der Waals surface area contributed by atoms with Gasteiger partial charge in [-0.1, -0.05) is 12.1 Å². The minimum Gasteiger partial charge on any atom is -0.483 e. The monoisotopic (exact) mass is 338 g/mol. The van der Waals surface area contributed by atoms with Crippen molar-refractivity contribution in [3.63, 3.8) is 0 Å². The number of carbonyl (C=O) groups excluding carboxylic acids is 1. The number of hydrogen-bond donors (Lipinski definition) is 1. The van der Waals surface area contributed by atoms with Crippen LogP contribution in [0.2, 0.25) is 0 Å². The lowest BCUT2D eigenvalue weighted by Gasteiger charge is -2.14. The first-order valence-corrected chi connectivity index (χ1v) is 6.93. The van der Waals surface area contributed by atoms with Crippen LogP contribution in [0.1, 0.15) is 6.92 Å². The molecule has 0 saturated carbocycles. The predicted molar refractivity (Wildman–Crippen MR) is 77.3 cm³/mol. The summed E-state index contributed by atoms with van der Waals surface area (Å²) in [6.07, 6.45) is 3.07. The van der Waals surface area contributed by atoms with Crippen LogP contribution in [0, 0.1) is 0 Å². The molecule has 1 amide bonds. The molecule has 1 atom stereocenters. The van der Waals surface area contributed by atoms with E-state index in [1.165, 1.54) is 6.33 Å². The maximum absolute atomic E-state index is 11.8. The summed E-state index contributed by atoms with van der Waals surface area (Å²) in [4.78, 5) is 15.6. The standard InChI is InChI=1S/C13H15BrN4O2/c1-10(6-18-9-15-8-16-18)17-13(19)7-20-12-5-3-2-4-11(12)14/h2-5,8-10H,6-7H2,1H3,(H,17,19)/t10-/m0/s1. The zero-order valence-corrected chi connectivity index (χ0v) is 12.6. The first-order valence-electron chi connectivity index (χ1n) is 6.14. The van der Waals surface area contributed by atoms with Crippen LogP contribution in [0.15, 0.2) is 41.4 Å². The van der Waals surface area contributed by atoms with Gasteiger partial charge in [-0.3, -0.25) is 9.48 Å². The lowest BCUT2D eigenvalue weighted by atomic mass is 10.3. The second-order valence-electron chi connectivity index (χ2n) is 4.31. The van der Waals surface area contributed by atoms with Crippen molar-refractivity contribution in [3.8, 4) is 5.75 Å². The number of halogens is 1. The van der Waals surface area contributed by atoms with Crippen LogP contribution in [-0.4, -0.2) is 33.3 Å². The van der Waals surface area contributed by atoms with E-state index in [0.29, 0.717) is 12.3 Å². The van der Waals surface area contributed by atoms with Crippen molar-refractivity contribution >= 4 is 21.8 Å². The molecule has 0 aliphatic rings. The maximum atomic E-state index is 11.8. The van der Waals surface area contributed by atoms with Crippen LogP contribution in [0.4, 0.5) is 0 Å². The number of hydrogen-bond acceptors (Lipinski definition) is 4. The molecule has 1 aromatic heterocycles. The Hall–Kier alpha value is -1.89. The van der Waals surface area contributed by atoms with Gasteiger partial charge in [0.05, 0.1) is 11.0 Å². The Balaban J connectivity index is 1.76. The van der Waals surface area contributed by atoms with Crippen LogP contribution in [-0.2, 0) is 11.3 Å². The molecule has 20 heavy (non-hydrogen) atoms. The van der Waals surface area contributed by atoms with E-state index in [0.717, 1.165) is 4.47 Å². The lowest BCUT2D eigenvalue weighted by molar-refractivity contribution is -0.123. The molecule has 0 fully saturated rings. The molecule has 0 aliphatic heterocycles. The highest BCUT2D eigenvalue weighted by atomic mass is 79.9. The number of rotatable bonds is 6. The highest BCUT2D eigenvalue weighted by Crippen LogP contribution is 2.23. The third-order valence-corrected chi connectivity index (χ3v) is 3.19. The fourth-order valence-electron chi connectivity index (χ4n) is 1.67. The molecule has 0 unspecified atom stereocenters. The summed E-state index contributed by atoms with van der Waals surface area (Å²) >= 11 is 3.36.